The predicted octanol–water partition coefficient (Wildman–Crippen LogP) is 4.88. The second kappa shape index (κ2) is 6.53. The van der Waals surface area contributed by atoms with Gasteiger partial charge in [-0.15, -0.1) is 0 Å². The fourth-order valence-electron chi connectivity index (χ4n) is 2.05. The Hall–Kier alpha value is -2.87. The molecule has 0 atom stereocenters. The highest BCUT2D eigenvalue weighted by Gasteiger charge is 2.03. The minimum Gasteiger partial charge on any atom is -0.340 e. The fourth-order valence-corrected chi connectivity index (χ4v) is 2.05. The lowest BCUT2D eigenvalue weighted by Gasteiger charge is -2.10. The van der Waals surface area contributed by atoms with Crippen LogP contribution in [-0.4, -0.2) is 5.84 Å². The third-order valence-corrected chi connectivity index (χ3v) is 3.08. The molecule has 0 bridgehead atoms. The maximum Gasteiger partial charge on any atom is 0.138 e. The summed E-state index contributed by atoms with van der Waals surface area (Å²) in [6.45, 7) is 0. The summed E-state index contributed by atoms with van der Waals surface area (Å²) < 4.78 is 0. The lowest BCUT2D eigenvalue weighted by molar-refractivity contribution is 1.46. The number of nitrogens with zero attached hydrogens (tertiary/aromatic N) is 1. The van der Waals surface area contributed by atoms with Crippen molar-refractivity contribution in [2.45, 2.75) is 0 Å². The van der Waals surface area contributed by atoms with Crippen LogP contribution in [0.5, 0.6) is 0 Å². The van der Waals surface area contributed by atoms with E-state index in [1.807, 2.05) is 78.9 Å². The van der Waals surface area contributed by atoms with Crippen LogP contribution in [0.25, 0.3) is 0 Å². The van der Waals surface area contributed by atoms with Gasteiger partial charge in [-0.3, -0.25) is 0 Å². The van der Waals surface area contributed by atoms with Gasteiger partial charge >= 0.3 is 0 Å². The molecule has 0 saturated heterocycles. The van der Waals surface area contributed by atoms with Crippen LogP contribution in [0.1, 0.15) is 5.56 Å². The first-order chi connectivity index (χ1) is 10.4. The van der Waals surface area contributed by atoms with E-state index < -0.39 is 0 Å². The van der Waals surface area contributed by atoms with E-state index in [-0.39, 0.29) is 0 Å². The molecule has 3 rings (SSSR count). The number of rotatable bonds is 3. The molecule has 1 N–H and O–H groups in total. The molecule has 3 aromatic rings. The molecule has 0 radical (unpaired) electrons. The molecule has 0 aliphatic heterocycles. The Morgan fingerprint density at radius 1 is 0.619 bits per heavy atom. The van der Waals surface area contributed by atoms with Crippen LogP contribution >= 0.6 is 0 Å². The number of amidine groups is 1. The van der Waals surface area contributed by atoms with Crippen LogP contribution in [0.15, 0.2) is 96.0 Å². The third kappa shape index (κ3) is 3.57. The number of benzene rings is 3. The first kappa shape index (κ1) is 13.1. The van der Waals surface area contributed by atoms with Gasteiger partial charge in [0.2, 0.25) is 0 Å². The van der Waals surface area contributed by atoms with E-state index in [1.54, 1.807) is 0 Å². The summed E-state index contributed by atoms with van der Waals surface area (Å²) in [5.74, 6) is 0.841. The van der Waals surface area contributed by atoms with Gasteiger partial charge in [-0.1, -0.05) is 66.7 Å². The van der Waals surface area contributed by atoms with Crippen molar-refractivity contribution >= 4 is 17.2 Å². The molecule has 3 aromatic carbocycles. The molecule has 0 heterocycles. The molecule has 2 nitrogen and oxygen atoms in total. The van der Waals surface area contributed by atoms with Crippen LogP contribution in [0.4, 0.5) is 11.4 Å². The number of hydrogen-bond donors (Lipinski definition) is 1. The molecule has 0 spiro atoms. The van der Waals surface area contributed by atoms with Gasteiger partial charge in [0.15, 0.2) is 0 Å². The van der Waals surface area contributed by atoms with Gasteiger partial charge in [0.25, 0.3) is 0 Å². The van der Waals surface area contributed by atoms with Crippen molar-refractivity contribution in [3.05, 3.63) is 96.6 Å². The number of nitrogens with one attached hydrogen (secondary N) is 1. The largest absolute Gasteiger partial charge is 0.340 e. The van der Waals surface area contributed by atoms with E-state index in [2.05, 4.69) is 17.4 Å². The van der Waals surface area contributed by atoms with E-state index in [1.165, 1.54) is 0 Å². The Labute approximate surface area is 124 Å². The first-order valence-electron chi connectivity index (χ1n) is 6.93. The standard InChI is InChI=1S/C19H16N2/c1-4-10-16(11-5-1)19(20-17-12-6-2-7-13-17)21-18-14-8-3-9-15-18/h1-15H,(H,20,21). The summed E-state index contributed by atoms with van der Waals surface area (Å²) in [4.78, 5) is 4.73. The van der Waals surface area contributed by atoms with Crippen LogP contribution in [0.3, 0.4) is 0 Å². The second-order valence-corrected chi connectivity index (χ2v) is 4.65. The number of aliphatic imine (C=N–C) groups is 1. The van der Waals surface area contributed by atoms with Gasteiger partial charge in [0.05, 0.1) is 5.69 Å². The third-order valence-electron chi connectivity index (χ3n) is 3.08. The Kier molecular flexibility index (Phi) is 4.08. The minimum absolute atomic E-state index is 0.841. The van der Waals surface area contributed by atoms with Crippen molar-refractivity contribution in [3.8, 4) is 0 Å². The van der Waals surface area contributed by atoms with E-state index in [0.717, 1.165) is 22.8 Å². The first-order valence-corrected chi connectivity index (χ1v) is 6.93. The predicted molar refractivity (Wildman–Crippen MR) is 89.1 cm³/mol. The average molecular weight is 272 g/mol. The van der Waals surface area contributed by atoms with E-state index in [9.17, 15) is 0 Å². The highest BCUT2D eigenvalue weighted by atomic mass is 15.0. The normalized spacial score (nSPS) is 11.1. The molecule has 102 valence electrons. The van der Waals surface area contributed by atoms with Crippen LogP contribution in [-0.2, 0) is 0 Å². The zero-order valence-corrected chi connectivity index (χ0v) is 11.6. The van der Waals surface area contributed by atoms with Crippen molar-refractivity contribution in [3.63, 3.8) is 0 Å². The summed E-state index contributed by atoms with van der Waals surface area (Å²) in [6, 6.07) is 30.2. The zero-order chi connectivity index (χ0) is 14.3. The number of para-hydroxylation sites is 2. The van der Waals surface area contributed by atoms with Gasteiger partial charge in [-0.25, -0.2) is 4.99 Å². The molecular weight excluding hydrogens is 256 g/mol. The summed E-state index contributed by atoms with van der Waals surface area (Å²) in [6.07, 6.45) is 0. The zero-order valence-electron chi connectivity index (χ0n) is 11.6. The number of hydrogen-bond acceptors (Lipinski definition) is 1. The SMILES string of the molecule is c1ccc(/N=C(/Nc2ccccc2)c2ccccc2)cc1. The van der Waals surface area contributed by atoms with E-state index >= 15 is 0 Å². The van der Waals surface area contributed by atoms with Gasteiger partial charge in [0.1, 0.15) is 5.84 Å². The molecule has 0 unspecified atom stereocenters. The molecule has 0 amide bonds. The molecule has 0 fully saturated rings. The average Bonchev–Trinajstić information content (AvgIpc) is 2.57. The van der Waals surface area contributed by atoms with Gasteiger partial charge in [-0.05, 0) is 24.3 Å². The van der Waals surface area contributed by atoms with Crippen molar-refractivity contribution in [1.82, 2.24) is 0 Å². The summed E-state index contributed by atoms with van der Waals surface area (Å²) in [5.41, 5.74) is 3.01. The molecule has 2 heteroatoms. The molecule has 0 aliphatic carbocycles. The Morgan fingerprint density at radius 3 is 1.76 bits per heavy atom. The molecule has 0 aliphatic rings. The highest BCUT2D eigenvalue weighted by molar-refractivity contribution is 6.09. The van der Waals surface area contributed by atoms with Crippen molar-refractivity contribution < 1.29 is 0 Å². The smallest absolute Gasteiger partial charge is 0.138 e. The van der Waals surface area contributed by atoms with Crippen molar-refractivity contribution in [2.24, 2.45) is 4.99 Å². The Balaban J connectivity index is 1.97. The molecule has 0 aromatic heterocycles. The molecule has 21 heavy (non-hydrogen) atoms. The van der Waals surface area contributed by atoms with Gasteiger partial charge in [-0.2, -0.15) is 0 Å². The number of anilines is 1. The lowest BCUT2D eigenvalue weighted by atomic mass is 10.2. The monoisotopic (exact) mass is 272 g/mol. The highest BCUT2D eigenvalue weighted by Crippen LogP contribution is 2.15. The lowest BCUT2D eigenvalue weighted by Crippen LogP contribution is -2.13. The maximum atomic E-state index is 4.73. The quantitative estimate of drug-likeness (QED) is 0.533. The van der Waals surface area contributed by atoms with Gasteiger partial charge in [0, 0.05) is 11.3 Å². The second-order valence-electron chi connectivity index (χ2n) is 4.65. The molecular formula is C19H16N2. The van der Waals surface area contributed by atoms with E-state index in [0.29, 0.717) is 0 Å². The minimum atomic E-state index is 0.841. The van der Waals surface area contributed by atoms with Crippen molar-refractivity contribution in [2.75, 3.05) is 5.32 Å². The van der Waals surface area contributed by atoms with E-state index in [4.69, 9.17) is 4.99 Å². The topological polar surface area (TPSA) is 24.4 Å². The van der Waals surface area contributed by atoms with Crippen LogP contribution in [0.2, 0.25) is 0 Å². The molecule has 0 saturated carbocycles. The fraction of sp³-hybridized carbons (Fsp3) is 0. The Bertz CT molecular complexity index is 704. The summed E-state index contributed by atoms with van der Waals surface area (Å²) >= 11 is 0. The van der Waals surface area contributed by atoms with Crippen LogP contribution in [0, 0.1) is 0 Å². The van der Waals surface area contributed by atoms with Crippen molar-refractivity contribution in [1.29, 1.82) is 0 Å². The summed E-state index contributed by atoms with van der Waals surface area (Å²) in [5, 5.41) is 3.39. The Morgan fingerprint density at radius 2 is 1.14 bits per heavy atom. The summed E-state index contributed by atoms with van der Waals surface area (Å²) in [7, 11) is 0. The van der Waals surface area contributed by atoms with Gasteiger partial charge < -0.3 is 5.32 Å². The maximum absolute atomic E-state index is 4.73. The van der Waals surface area contributed by atoms with Crippen LogP contribution < -0.4 is 5.32 Å².